The van der Waals surface area contributed by atoms with Gasteiger partial charge in [0, 0.05) is 6.20 Å². The van der Waals surface area contributed by atoms with Crippen molar-refractivity contribution in [1.29, 1.82) is 5.41 Å². The maximum Gasteiger partial charge on any atom is 0.339 e. The summed E-state index contributed by atoms with van der Waals surface area (Å²) >= 11 is 0. The first kappa shape index (κ1) is 30.9. The molecule has 39 heavy (non-hydrogen) atoms. The number of anilines is 1. The molecule has 1 heterocycles. The van der Waals surface area contributed by atoms with E-state index in [1.807, 2.05) is 19.9 Å². The molecule has 1 unspecified atom stereocenters. The molecule has 0 spiro atoms. The summed E-state index contributed by atoms with van der Waals surface area (Å²) in [5.74, 6) is -1.84. The van der Waals surface area contributed by atoms with E-state index in [9.17, 15) is 19.2 Å². The maximum atomic E-state index is 13.2. The van der Waals surface area contributed by atoms with E-state index in [-0.39, 0.29) is 42.7 Å². The van der Waals surface area contributed by atoms with Crippen LogP contribution in [0.3, 0.4) is 0 Å². The molecule has 0 saturated carbocycles. The van der Waals surface area contributed by atoms with Gasteiger partial charge in [-0.2, -0.15) is 0 Å². The number of Topliss-reactive ketones (excluding diaryl/α,β-unsaturated/α-hetero) is 1. The van der Waals surface area contributed by atoms with Gasteiger partial charge in [-0.15, -0.1) is 0 Å². The fourth-order valence-corrected chi connectivity index (χ4v) is 3.78. The molecule has 0 aliphatic rings. The van der Waals surface area contributed by atoms with Crippen LogP contribution in [0.15, 0.2) is 34.3 Å². The van der Waals surface area contributed by atoms with Crippen molar-refractivity contribution in [2.75, 3.05) is 25.0 Å². The predicted molar refractivity (Wildman–Crippen MR) is 147 cm³/mol. The monoisotopic (exact) mass is 540 g/mol. The Bertz CT molecular complexity index is 1310. The number of ketones is 1. The number of amides is 1. The molecule has 0 bridgehead atoms. The highest BCUT2D eigenvalue weighted by molar-refractivity contribution is 6.41. The first-order valence-corrected chi connectivity index (χ1v) is 12.6. The summed E-state index contributed by atoms with van der Waals surface area (Å²) in [6, 6.07) is 4.43. The number of carbonyl (C=O) groups is 3. The number of ether oxygens (including phenoxy) is 1. The van der Waals surface area contributed by atoms with Crippen LogP contribution in [0.25, 0.3) is 0 Å². The molecular weight excluding hydrogens is 504 g/mol. The van der Waals surface area contributed by atoms with Gasteiger partial charge in [-0.1, -0.05) is 44.1 Å². The van der Waals surface area contributed by atoms with Crippen molar-refractivity contribution in [1.82, 2.24) is 14.9 Å². The number of nitrogens with one attached hydrogen (secondary N) is 3. The zero-order chi connectivity index (χ0) is 29.3. The fourth-order valence-electron chi connectivity index (χ4n) is 3.78. The van der Waals surface area contributed by atoms with Gasteiger partial charge in [0.1, 0.15) is 11.8 Å². The van der Waals surface area contributed by atoms with Gasteiger partial charge in [0.15, 0.2) is 18.2 Å². The molecule has 1 aromatic carbocycles. The summed E-state index contributed by atoms with van der Waals surface area (Å²) in [6.45, 7) is 9.46. The number of hydrogen-bond donors (Lipinski definition) is 4. The lowest BCUT2D eigenvalue weighted by molar-refractivity contribution is -0.128. The number of benzene rings is 1. The second-order valence-corrected chi connectivity index (χ2v) is 9.43. The van der Waals surface area contributed by atoms with Crippen LogP contribution in [-0.2, 0) is 14.3 Å². The van der Waals surface area contributed by atoms with Gasteiger partial charge in [-0.05, 0) is 44.2 Å². The third kappa shape index (κ3) is 8.06. The van der Waals surface area contributed by atoms with Crippen LogP contribution in [0.4, 0.5) is 5.82 Å². The number of esters is 1. The van der Waals surface area contributed by atoms with Gasteiger partial charge in [0.05, 0.1) is 30.1 Å². The molecule has 0 aliphatic carbocycles. The van der Waals surface area contributed by atoms with Crippen LogP contribution < -0.4 is 16.2 Å². The van der Waals surface area contributed by atoms with Crippen molar-refractivity contribution in [3.63, 3.8) is 0 Å². The van der Waals surface area contributed by atoms with E-state index < -0.39 is 35.9 Å². The molecule has 12 heteroatoms. The molecular formula is C27H36N6O6. The molecule has 0 aliphatic heterocycles. The number of nitrogens with zero attached hydrogens (tertiary/aromatic N) is 3. The lowest BCUT2D eigenvalue weighted by Gasteiger charge is -2.20. The van der Waals surface area contributed by atoms with Crippen molar-refractivity contribution in [2.24, 2.45) is 5.16 Å². The van der Waals surface area contributed by atoms with E-state index in [0.29, 0.717) is 11.3 Å². The average molecular weight is 541 g/mol. The van der Waals surface area contributed by atoms with Crippen molar-refractivity contribution in [3.8, 4) is 0 Å². The van der Waals surface area contributed by atoms with Gasteiger partial charge >= 0.3 is 5.97 Å². The topological polar surface area (TPSA) is 176 Å². The van der Waals surface area contributed by atoms with E-state index in [2.05, 4.69) is 20.8 Å². The van der Waals surface area contributed by atoms with Crippen LogP contribution in [-0.4, -0.2) is 63.5 Å². The molecule has 4 N–H and O–H groups in total. The van der Waals surface area contributed by atoms with E-state index in [1.165, 1.54) is 17.7 Å². The average Bonchev–Trinajstić information content (AvgIpc) is 2.88. The minimum Gasteiger partial charge on any atom is -0.454 e. The van der Waals surface area contributed by atoms with Crippen LogP contribution in [0.5, 0.6) is 0 Å². The predicted octanol–water partition coefficient (Wildman–Crippen LogP) is 2.76. The van der Waals surface area contributed by atoms with Crippen LogP contribution in [0, 0.1) is 19.3 Å². The van der Waals surface area contributed by atoms with Gasteiger partial charge in [-0.3, -0.25) is 19.0 Å². The quantitative estimate of drug-likeness (QED) is 0.130. The molecule has 1 aromatic heterocycles. The Balaban J connectivity index is 2.14. The Hall–Kier alpha value is -4.35. The van der Waals surface area contributed by atoms with Crippen LogP contribution >= 0.6 is 0 Å². The van der Waals surface area contributed by atoms with Crippen molar-refractivity contribution < 1.29 is 24.3 Å². The normalized spacial score (nSPS) is 12.1. The standard InChI is InChI=1S/C27H36N6O6/c1-7-22(25(35)30-11-19(34)14-39-27(37)23-16(4)9-8-10-17(23)5)33-13-21(15(2)3)31-24(26(33)36)29-12-20(32-38)18(6)28/h8-10,13,15,22,28,38H,7,11-12,14H2,1-6H3,(H,29,31)(H,30,35)/b28-18?,32-20-. The Morgan fingerprint density at radius 1 is 1.18 bits per heavy atom. The second-order valence-electron chi connectivity index (χ2n) is 9.43. The fraction of sp³-hybridized carbons (Fsp3) is 0.444. The van der Waals surface area contributed by atoms with E-state index in [4.69, 9.17) is 15.4 Å². The minimum atomic E-state index is -0.945. The Morgan fingerprint density at radius 2 is 1.82 bits per heavy atom. The zero-order valence-electron chi connectivity index (χ0n) is 23.1. The molecule has 1 amide bonds. The lowest BCUT2D eigenvalue weighted by atomic mass is 10.0. The summed E-state index contributed by atoms with van der Waals surface area (Å²) in [7, 11) is 0. The van der Waals surface area contributed by atoms with Gasteiger partial charge in [0.25, 0.3) is 5.56 Å². The van der Waals surface area contributed by atoms with Crippen molar-refractivity contribution in [3.05, 3.63) is 57.1 Å². The molecule has 2 rings (SSSR count). The molecule has 210 valence electrons. The molecule has 1 atom stereocenters. The highest BCUT2D eigenvalue weighted by Gasteiger charge is 2.24. The van der Waals surface area contributed by atoms with Gasteiger partial charge in [-0.25, -0.2) is 9.78 Å². The maximum absolute atomic E-state index is 13.2. The highest BCUT2D eigenvalue weighted by atomic mass is 16.5. The first-order valence-electron chi connectivity index (χ1n) is 12.6. The summed E-state index contributed by atoms with van der Waals surface area (Å²) in [4.78, 5) is 55.4. The Morgan fingerprint density at radius 3 is 2.36 bits per heavy atom. The molecule has 0 saturated heterocycles. The van der Waals surface area contributed by atoms with Crippen LogP contribution in [0.2, 0.25) is 0 Å². The number of aryl methyl sites for hydroxylation is 2. The number of oxime groups is 1. The number of rotatable bonds is 13. The second kappa shape index (κ2) is 14.0. The largest absolute Gasteiger partial charge is 0.454 e. The molecule has 12 nitrogen and oxygen atoms in total. The Labute approximate surface area is 227 Å². The Kier molecular flexibility index (Phi) is 11.1. The summed E-state index contributed by atoms with van der Waals surface area (Å²) in [6.07, 6.45) is 1.74. The number of aromatic nitrogens is 2. The molecule has 0 fully saturated rings. The molecule has 0 radical (unpaired) electrons. The molecule has 2 aromatic rings. The van der Waals surface area contributed by atoms with Crippen molar-refractivity contribution >= 4 is 34.9 Å². The van der Waals surface area contributed by atoms with Crippen LogP contribution in [0.1, 0.15) is 73.3 Å². The van der Waals surface area contributed by atoms with E-state index in [1.54, 1.807) is 32.9 Å². The third-order valence-corrected chi connectivity index (χ3v) is 6.05. The number of hydrogen-bond acceptors (Lipinski definition) is 10. The SMILES string of the molecule is CCC(C(=O)NCC(=O)COC(=O)c1c(C)cccc1C)n1cc(C(C)C)nc(NC/C(=N/O)C(C)=N)c1=O. The van der Waals surface area contributed by atoms with E-state index in [0.717, 1.165) is 11.1 Å². The summed E-state index contributed by atoms with van der Waals surface area (Å²) in [5.41, 5.74) is 1.85. The van der Waals surface area contributed by atoms with E-state index >= 15 is 0 Å². The van der Waals surface area contributed by atoms with Gasteiger partial charge in [0.2, 0.25) is 5.91 Å². The summed E-state index contributed by atoms with van der Waals surface area (Å²) < 4.78 is 6.40. The first-order chi connectivity index (χ1) is 18.4. The summed E-state index contributed by atoms with van der Waals surface area (Å²) in [5, 5.41) is 25.1. The smallest absolute Gasteiger partial charge is 0.339 e. The zero-order valence-corrected chi connectivity index (χ0v) is 23.1. The highest BCUT2D eigenvalue weighted by Crippen LogP contribution is 2.17. The minimum absolute atomic E-state index is 0.0144. The lowest BCUT2D eigenvalue weighted by Crippen LogP contribution is -2.41. The van der Waals surface area contributed by atoms with Gasteiger partial charge < -0.3 is 26.0 Å². The number of carbonyl (C=O) groups excluding carboxylic acids is 3. The third-order valence-electron chi connectivity index (χ3n) is 6.05. The van der Waals surface area contributed by atoms with Crippen molar-refractivity contribution in [2.45, 2.75) is 59.9 Å².